The van der Waals surface area contributed by atoms with Gasteiger partial charge in [0.2, 0.25) is 0 Å². The number of hydrogen-bond donors (Lipinski definition) is 0. The first-order valence-electron chi connectivity index (χ1n) is 9.55. The van der Waals surface area contributed by atoms with Crippen LogP contribution in [0.5, 0.6) is 0 Å². The summed E-state index contributed by atoms with van der Waals surface area (Å²) in [6, 6.07) is 10.9. The Kier molecular flexibility index (Phi) is 5.10. The van der Waals surface area contributed by atoms with E-state index < -0.39 is 5.60 Å². The average Bonchev–Trinajstić information content (AvgIpc) is 2.98. The maximum Gasteiger partial charge on any atom is 0.410 e. The number of nitrogens with zero attached hydrogens (tertiary/aromatic N) is 2. The van der Waals surface area contributed by atoms with Crippen molar-refractivity contribution in [2.45, 2.75) is 64.0 Å². The summed E-state index contributed by atoms with van der Waals surface area (Å²) in [4.78, 5) is 16.8. The van der Waals surface area contributed by atoms with Gasteiger partial charge in [0, 0.05) is 18.6 Å². The minimum atomic E-state index is -0.426. The fraction of sp³-hybridized carbons (Fsp3) is 0.667. The summed E-state index contributed by atoms with van der Waals surface area (Å²) in [6.07, 6.45) is 3.26. The molecule has 0 saturated carbocycles. The summed E-state index contributed by atoms with van der Waals surface area (Å²) in [6.45, 7) is 11.9. The van der Waals surface area contributed by atoms with Gasteiger partial charge >= 0.3 is 6.09 Å². The molecule has 0 radical (unpaired) electrons. The van der Waals surface area contributed by atoms with Crippen LogP contribution in [0.4, 0.5) is 4.79 Å². The molecule has 2 aliphatic heterocycles. The molecule has 1 amide bonds. The highest BCUT2D eigenvalue weighted by Crippen LogP contribution is 2.35. The van der Waals surface area contributed by atoms with Crippen LogP contribution in [0, 0.1) is 0 Å². The molecular formula is C21H32N2O2. The summed E-state index contributed by atoms with van der Waals surface area (Å²) in [5, 5.41) is 0. The van der Waals surface area contributed by atoms with Crippen molar-refractivity contribution in [1.82, 2.24) is 9.80 Å². The van der Waals surface area contributed by atoms with E-state index in [4.69, 9.17) is 4.74 Å². The molecule has 25 heavy (non-hydrogen) atoms. The first-order chi connectivity index (χ1) is 11.8. The van der Waals surface area contributed by atoms with E-state index >= 15 is 0 Å². The Balaban J connectivity index is 1.56. The number of hydrogen-bond acceptors (Lipinski definition) is 3. The molecule has 0 bridgehead atoms. The summed E-state index contributed by atoms with van der Waals surface area (Å²) in [7, 11) is 0. The van der Waals surface area contributed by atoms with Gasteiger partial charge in [-0.2, -0.15) is 0 Å². The van der Waals surface area contributed by atoms with Gasteiger partial charge in [0.1, 0.15) is 5.60 Å². The Morgan fingerprint density at radius 3 is 2.36 bits per heavy atom. The lowest BCUT2D eigenvalue weighted by molar-refractivity contribution is 0.0230. The van der Waals surface area contributed by atoms with Crippen LogP contribution < -0.4 is 0 Å². The Morgan fingerprint density at radius 1 is 1.12 bits per heavy atom. The summed E-state index contributed by atoms with van der Waals surface area (Å²) in [5.74, 6) is 0.671. The van der Waals surface area contributed by atoms with Crippen LogP contribution >= 0.6 is 0 Å². The molecule has 1 atom stereocenters. The number of piperidine rings is 1. The van der Waals surface area contributed by atoms with Gasteiger partial charge in [0.15, 0.2) is 0 Å². The van der Waals surface area contributed by atoms with Gasteiger partial charge in [-0.05, 0) is 71.5 Å². The SMILES string of the molecule is CC(C)(C)OC(=O)N1CCC(C)(N2CCC(c3ccccc3)CC2)C1. The Hall–Kier alpha value is -1.55. The van der Waals surface area contributed by atoms with Crippen molar-refractivity contribution in [3.8, 4) is 0 Å². The summed E-state index contributed by atoms with van der Waals surface area (Å²) >= 11 is 0. The highest BCUT2D eigenvalue weighted by atomic mass is 16.6. The third-order valence-corrected chi connectivity index (χ3v) is 5.63. The first kappa shape index (κ1) is 18.2. The predicted molar refractivity (Wildman–Crippen MR) is 101 cm³/mol. The second-order valence-electron chi connectivity index (χ2n) is 8.82. The lowest BCUT2D eigenvalue weighted by atomic mass is 9.86. The van der Waals surface area contributed by atoms with Crippen molar-refractivity contribution in [2.75, 3.05) is 26.2 Å². The van der Waals surface area contributed by atoms with E-state index in [2.05, 4.69) is 42.2 Å². The fourth-order valence-electron chi connectivity index (χ4n) is 4.16. The molecule has 1 aromatic rings. The number of carbonyl (C=O) groups excluding carboxylic acids is 1. The van der Waals surface area contributed by atoms with Crippen LogP contribution in [-0.2, 0) is 4.74 Å². The Bertz CT molecular complexity index is 588. The van der Waals surface area contributed by atoms with E-state index in [1.165, 1.54) is 18.4 Å². The second kappa shape index (κ2) is 6.99. The second-order valence-corrected chi connectivity index (χ2v) is 8.82. The minimum Gasteiger partial charge on any atom is -0.444 e. The van der Waals surface area contributed by atoms with Crippen molar-refractivity contribution in [3.05, 3.63) is 35.9 Å². The van der Waals surface area contributed by atoms with Gasteiger partial charge in [-0.15, -0.1) is 0 Å². The molecule has 0 N–H and O–H groups in total. The third kappa shape index (κ3) is 4.35. The maximum atomic E-state index is 12.4. The molecule has 0 aromatic heterocycles. The fourth-order valence-corrected chi connectivity index (χ4v) is 4.16. The largest absolute Gasteiger partial charge is 0.444 e. The standard InChI is InChI=1S/C21H32N2O2/c1-20(2,3)25-19(24)22-15-12-21(4,16-22)23-13-10-18(11-14-23)17-8-6-5-7-9-17/h5-9,18H,10-16H2,1-4H3. The molecule has 0 aliphatic carbocycles. The van der Waals surface area contributed by atoms with Crippen LogP contribution in [0.3, 0.4) is 0 Å². The van der Waals surface area contributed by atoms with E-state index in [9.17, 15) is 4.79 Å². The van der Waals surface area contributed by atoms with E-state index in [0.717, 1.165) is 32.6 Å². The molecule has 1 aromatic carbocycles. The molecule has 4 heteroatoms. The highest BCUT2D eigenvalue weighted by molar-refractivity contribution is 5.68. The normalized spacial score (nSPS) is 26.0. The number of ether oxygens (including phenoxy) is 1. The summed E-state index contributed by atoms with van der Waals surface area (Å²) < 4.78 is 5.55. The van der Waals surface area contributed by atoms with Gasteiger partial charge in [-0.3, -0.25) is 4.90 Å². The molecule has 138 valence electrons. The topological polar surface area (TPSA) is 32.8 Å². The van der Waals surface area contributed by atoms with Crippen LogP contribution in [0.1, 0.15) is 58.4 Å². The molecule has 2 fully saturated rings. The third-order valence-electron chi connectivity index (χ3n) is 5.63. The van der Waals surface area contributed by atoms with Crippen molar-refractivity contribution in [3.63, 3.8) is 0 Å². The van der Waals surface area contributed by atoms with Crippen LogP contribution in [0.2, 0.25) is 0 Å². The zero-order chi connectivity index (χ0) is 18.1. The molecule has 4 nitrogen and oxygen atoms in total. The van der Waals surface area contributed by atoms with Gasteiger partial charge in [-0.1, -0.05) is 30.3 Å². The molecular weight excluding hydrogens is 312 g/mol. The quantitative estimate of drug-likeness (QED) is 0.803. The Morgan fingerprint density at radius 2 is 1.76 bits per heavy atom. The molecule has 3 rings (SSSR count). The zero-order valence-corrected chi connectivity index (χ0v) is 16.1. The summed E-state index contributed by atoms with van der Waals surface area (Å²) in [5.41, 5.74) is 1.12. The molecule has 1 unspecified atom stereocenters. The van der Waals surface area contributed by atoms with Gasteiger partial charge in [-0.25, -0.2) is 4.79 Å². The number of carbonyl (C=O) groups is 1. The average molecular weight is 344 g/mol. The van der Waals surface area contributed by atoms with E-state index in [1.807, 2.05) is 25.7 Å². The number of rotatable bonds is 2. The van der Waals surface area contributed by atoms with Crippen LogP contribution in [0.15, 0.2) is 30.3 Å². The van der Waals surface area contributed by atoms with E-state index in [-0.39, 0.29) is 11.6 Å². The molecule has 2 aliphatic rings. The lowest BCUT2D eigenvalue weighted by Gasteiger charge is -2.43. The van der Waals surface area contributed by atoms with Crippen molar-refractivity contribution >= 4 is 6.09 Å². The zero-order valence-electron chi connectivity index (χ0n) is 16.1. The predicted octanol–water partition coefficient (Wildman–Crippen LogP) is 4.27. The number of benzene rings is 1. The van der Waals surface area contributed by atoms with Gasteiger partial charge in [0.05, 0.1) is 0 Å². The smallest absolute Gasteiger partial charge is 0.410 e. The van der Waals surface area contributed by atoms with E-state index in [0.29, 0.717) is 5.92 Å². The highest BCUT2D eigenvalue weighted by Gasteiger charge is 2.42. The maximum absolute atomic E-state index is 12.4. The number of likely N-dealkylation sites (tertiary alicyclic amines) is 2. The first-order valence-corrected chi connectivity index (χ1v) is 9.55. The van der Waals surface area contributed by atoms with Gasteiger partial charge < -0.3 is 9.64 Å². The molecule has 2 saturated heterocycles. The monoisotopic (exact) mass is 344 g/mol. The number of amides is 1. The lowest BCUT2D eigenvalue weighted by Crippen LogP contribution is -2.52. The van der Waals surface area contributed by atoms with Gasteiger partial charge in [0.25, 0.3) is 0 Å². The van der Waals surface area contributed by atoms with Crippen LogP contribution in [0.25, 0.3) is 0 Å². The Labute approximate surface area is 152 Å². The van der Waals surface area contributed by atoms with Crippen molar-refractivity contribution in [1.29, 1.82) is 0 Å². The van der Waals surface area contributed by atoms with Crippen LogP contribution in [-0.4, -0.2) is 53.2 Å². The molecule has 0 spiro atoms. The molecule has 2 heterocycles. The van der Waals surface area contributed by atoms with Crippen molar-refractivity contribution in [2.24, 2.45) is 0 Å². The minimum absolute atomic E-state index is 0.0819. The van der Waals surface area contributed by atoms with Crippen molar-refractivity contribution < 1.29 is 9.53 Å². The van der Waals surface area contributed by atoms with E-state index in [1.54, 1.807) is 0 Å².